The summed E-state index contributed by atoms with van der Waals surface area (Å²) in [6.07, 6.45) is 0.929. The first-order valence-corrected chi connectivity index (χ1v) is 7.60. The summed E-state index contributed by atoms with van der Waals surface area (Å²) < 4.78 is 11.8. The Morgan fingerprint density at radius 3 is 2.95 bits per heavy atom. The molecule has 3 rings (SSSR count). The fraction of sp³-hybridized carbons (Fsp3) is 0.353. The normalized spacial score (nSPS) is 16.4. The Kier molecular flexibility index (Phi) is 4.02. The van der Waals surface area contributed by atoms with Crippen molar-refractivity contribution in [2.24, 2.45) is 0 Å². The van der Waals surface area contributed by atoms with Gasteiger partial charge in [0.2, 0.25) is 0 Å². The molecule has 3 nitrogen and oxygen atoms in total. The quantitative estimate of drug-likeness (QED) is 0.805. The number of halogens is 1. The van der Waals surface area contributed by atoms with Gasteiger partial charge in [0, 0.05) is 12.1 Å². The van der Waals surface area contributed by atoms with E-state index in [1.165, 1.54) is 11.1 Å². The maximum Gasteiger partial charge on any atom is 0.142 e. The van der Waals surface area contributed by atoms with Crippen LogP contribution in [0.25, 0.3) is 0 Å². The number of alkyl halides is 1. The lowest BCUT2D eigenvalue weighted by atomic mass is 10.1. The number of aromatic nitrogens is 1. The maximum atomic E-state index is 5.92. The number of aryl methyl sites for hydroxylation is 2. The molecule has 2 aromatic rings. The fourth-order valence-electron chi connectivity index (χ4n) is 2.55. The van der Waals surface area contributed by atoms with Crippen LogP contribution in [0.15, 0.2) is 30.3 Å². The first-order valence-electron chi connectivity index (χ1n) is 7.07. The molecule has 0 amide bonds. The van der Waals surface area contributed by atoms with E-state index in [1.807, 2.05) is 25.1 Å². The average molecular weight is 304 g/mol. The molecule has 1 aliphatic heterocycles. The first kappa shape index (κ1) is 14.2. The van der Waals surface area contributed by atoms with Crippen molar-refractivity contribution < 1.29 is 9.47 Å². The lowest BCUT2D eigenvalue weighted by molar-refractivity contribution is 0.147. The van der Waals surface area contributed by atoms with Crippen molar-refractivity contribution in [2.75, 3.05) is 6.61 Å². The van der Waals surface area contributed by atoms with Gasteiger partial charge in [0.1, 0.15) is 24.2 Å². The fourth-order valence-corrected chi connectivity index (χ4v) is 2.74. The summed E-state index contributed by atoms with van der Waals surface area (Å²) in [5.74, 6) is 2.06. The zero-order chi connectivity index (χ0) is 14.8. The first-order chi connectivity index (χ1) is 10.2. The molecule has 0 bridgehead atoms. The molecular formula is C17H18ClNO2. The van der Waals surface area contributed by atoms with Crippen LogP contribution in [-0.4, -0.2) is 17.7 Å². The Morgan fingerprint density at radius 1 is 1.29 bits per heavy atom. The molecule has 1 atom stereocenters. The smallest absolute Gasteiger partial charge is 0.142 e. The molecule has 0 saturated heterocycles. The van der Waals surface area contributed by atoms with Gasteiger partial charge in [0.15, 0.2) is 0 Å². The van der Waals surface area contributed by atoms with Gasteiger partial charge in [-0.05, 0) is 37.6 Å². The number of rotatable bonds is 4. The molecule has 1 unspecified atom stereocenters. The summed E-state index contributed by atoms with van der Waals surface area (Å²) in [5, 5.41) is 0. The highest BCUT2D eigenvalue weighted by Crippen LogP contribution is 2.30. The molecule has 21 heavy (non-hydrogen) atoms. The highest BCUT2D eigenvalue weighted by atomic mass is 35.5. The second-order valence-electron chi connectivity index (χ2n) is 5.40. The molecule has 2 heterocycles. The van der Waals surface area contributed by atoms with E-state index in [4.69, 9.17) is 21.1 Å². The Labute approximate surface area is 129 Å². The molecule has 0 N–H and O–H groups in total. The van der Waals surface area contributed by atoms with Gasteiger partial charge < -0.3 is 9.47 Å². The molecular weight excluding hydrogens is 286 g/mol. The van der Waals surface area contributed by atoms with E-state index in [2.05, 4.69) is 24.0 Å². The van der Waals surface area contributed by atoms with E-state index in [1.54, 1.807) is 0 Å². The van der Waals surface area contributed by atoms with E-state index >= 15 is 0 Å². The standard InChI is InChI=1S/C17H18ClNO2/c1-11-3-5-16-13(7-11)8-14(21-16)10-20-17-6-4-12(2)19-15(17)9-18/h3-7,14H,8-10H2,1-2H3. The maximum absolute atomic E-state index is 5.92. The van der Waals surface area contributed by atoms with Crippen LogP contribution in [0, 0.1) is 13.8 Å². The number of nitrogens with zero attached hydrogens (tertiary/aromatic N) is 1. The summed E-state index contributed by atoms with van der Waals surface area (Å²) in [5.41, 5.74) is 4.23. The predicted octanol–water partition coefficient (Wildman–Crippen LogP) is 3.82. The number of ether oxygens (including phenoxy) is 2. The van der Waals surface area contributed by atoms with Crippen LogP contribution in [0.2, 0.25) is 0 Å². The largest absolute Gasteiger partial charge is 0.488 e. The molecule has 4 heteroatoms. The van der Waals surface area contributed by atoms with Gasteiger partial charge in [-0.1, -0.05) is 17.7 Å². The second kappa shape index (κ2) is 5.94. The van der Waals surface area contributed by atoms with E-state index in [-0.39, 0.29) is 6.10 Å². The van der Waals surface area contributed by atoms with E-state index in [0.29, 0.717) is 12.5 Å². The van der Waals surface area contributed by atoms with Crippen molar-refractivity contribution in [1.82, 2.24) is 4.98 Å². The Hall–Kier alpha value is -1.74. The topological polar surface area (TPSA) is 31.4 Å². The molecule has 0 radical (unpaired) electrons. The third-order valence-electron chi connectivity index (χ3n) is 3.58. The van der Waals surface area contributed by atoms with Crippen LogP contribution in [-0.2, 0) is 12.3 Å². The summed E-state index contributed by atoms with van der Waals surface area (Å²) in [6, 6.07) is 10.1. The number of benzene rings is 1. The molecule has 1 aliphatic rings. The minimum absolute atomic E-state index is 0.0475. The van der Waals surface area contributed by atoms with Crippen LogP contribution in [0.3, 0.4) is 0 Å². The number of hydrogen-bond donors (Lipinski definition) is 0. The number of hydrogen-bond acceptors (Lipinski definition) is 3. The van der Waals surface area contributed by atoms with Crippen LogP contribution in [0.5, 0.6) is 11.5 Å². The van der Waals surface area contributed by atoms with Gasteiger partial charge in [-0.3, -0.25) is 4.98 Å². The summed E-state index contributed by atoms with van der Waals surface area (Å²) in [6.45, 7) is 4.54. The molecule has 0 fully saturated rings. The molecule has 0 aliphatic carbocycles. The number of fused-ring (bicyclic) bond motifs is 1. The third-order valence-corrected chi connectivity index (χ3v) is 3.83. The van der Waals surface area contributed by atoms with Crippen LogP contribution in [0.1, 0.15) is 22.5 Å². The van der Waals surface area contributed by atoms with Crippen molar-refractivity contribution >= 4 is 11.6 Å². The van der Waals surface area contributed by atoms with Gasteiger partial charge >= 0.3 is 0 Å². The Morgan fingerprint density at radius 2 is 2.14 bits per heavy atom. The van der Waals surface area contributed by atoms with Gasteiger partial charge in [0.25, 0.3) is 0 Å². The summed E-state index contributed by atoms with van der Waals surface area (Å²) >= 11 is 5.92. The van der Waals surface area contributed by atoms with E-state index in [9.17, 15) is 0 Å². The van der Waals surface area contributed by atoms with Crippen LogP contribution >= 0.6 is 11.6 Å². The second-order valence-corrected chi connectivity index (χ2v) is 5.66. The monoisotopic (exact) mass is 303 g/mol. The molecule has 0 saturated carbocycles. The highest BCUT2D eigenvalue weighted by molar-refractivity contribution is 6.17. The van der Waals surface area contributed by atoms with Gasteiger partial charge in [-0.2, -0.15) is 0 Å². The van der Waals surface area contributed by atoms with Crippen LogP contribution in [0.4, 0.5) is 0 Å². The summed E-state index contributed by atoms with van der Waals surface area (Å²) in [7, 11) is 0. The minimum atomic E-state index is 0.0475. The zero-order valence-corrected chi connectivity index (χ0v) is 13.0. The van der Waals surface area contributed by atoms with Crippen molar-refractivity contribution in [2.45, 2.75) is 32.3 Å². The van der Waals surface area contributed by atoms with Crippen molar-refractivity contribution in [3.05, 3.63) is 52.8 Å². The van der Waals surface area contributed by atoms with Crippen molar-refractivity contribution in [3.8, 4) is 11.5 Å². The summed E-state index contributed by atoms with van der Waals surface area (Å²) in [4.78, 5) is 4.39. The van der Waals surface area contributed by atoms with Gasteiger partial charge in [-0.15, -0.1) is 11.6 Å². The van der Waals surface area contributed by atoms with Crippen molar-refractivity contribution in [1.29, 1.82) is 0 Å². The van der Waals surface area contributed by atoms with Crippen LogP contribution < -0.4 is 9.47 Å². The zero-order valence-electron chi connectivity index (χ0n) is 12.2. The van der Waals surface area contributed by atoms with E-state index < -0.39 is 0 Å². The average Bonchev–Trinajstić information content (AvgIpc) is 2.87. The number of pyridine rings is 1. The highest BCUT2D eigenvalue weighted by Gasteiger charge is 2.23. The van der Waals surface area contributed by atoms with E-state index in [0.717, 1.165) is 29.3 Å². The Balaban J connectivity index is 1.65. The van der Waals surface area contributed by atoms with Gasteiger partial charge in [-0.25, -0.2) is 0 Å². The predicted molar refractivity (Wildman–Crippen MR) is 83.3 cm³/mol. The third kappa shape index (κ3) is 3.13. The minimum Gasteiger partial charge on any atom is -0.488 e. The molecule has 1 aromatic carbocycles. The SMILES string of the molecule is Cc1ccc2c(c1)CC(COc1ccc(C)nc1CCl)O2. The van der Waals surface area contributed by atoms with Crippen molar-refractivity contribution in [3.63, 3.8) is 0 Å². The lowest BCUT2D eigenvalue weighted by Gasteiger charge is -2.14. The Bertz CT molecular complexity index is 657. The molecule has 1 aromatic heterocycles. The molecule has 110 valence electrons. The molecule has 0 spiro atoms. The lowest BCUT2D eigenvalue weighted by Crippen LogP contribution is -2.22. The van der Waals surface area contributed by atoms with Gasteiger partial charge in [0.05, 0.1) is 11.6 Å².